The first kappa shape index (κ1) is 33.4. The van der Waals surface area contributed by atoms with E-state index in [1.165, 1.54) is 11.6 Å². The second-order valence-electron chi connectivity index (χ2n) is 11.7. The maximum absolute atomic E-state index is 12.0. The van der Waals surface area contributed by atoms with Gasteiger partial charge in [0.1, 0.15) is 12.1 Å². The zero-order valence-corrected chi connectivity index (χ0v) is 28.3. The van der Waals surface area contributed by atoms with Gasteiger partial charge in [-0.2, -0.15) is 0 Å². The monoisotopic (exact) mass is 744 g/mol. The van der Waals surface area contributed by atoms with Crippen LogP contribution in [0.15, 0.2) is 60.6 Å². The van der Waals surface area contributed by atoms with Crippen LogP contribution in [0.4, 0.5) is 0 Å². The van der Waals surface area contributed by atoms with Crippen molar-refractivity contribution in [3.05, 3.63) is 72.3 Å². The number of nitrogens with zero attached hydrogens (tertiary/aromatic N) is 2. The van der Waals surface area contributed by atoms with Gasteiger partial charge >= 0.3 is 0 Å². The van der Waals surface area contributed by atoms with Crippen LogP contribution in [0.5, 0.6) is 11.5 Å². The molecule has 0 aliphatic carbocycles. The molecule has 0 spiro atoms. The van der Waals surface area contributed by atoms with Crippen LogP contribution in [-0.2, 0) is 31.3 Å². The van der Waals surface area contributed by atoms with E-state index in [9.17, 15) is 9.90 Å². The van der Waals surface area contributed by atoms with Crippen molar-refractivity contribution < 1.29 is 34.7 Å². The molecule has 0 atom stereocenters. The summed E-state index contributed by atoms with van der Waals surface area (Å²) in [5.41, 5.74) is 3.68. The van der Waals surface area contributed by atoms with Crippen LogP contribution in [0.1, 0.15) is 79.7 Å². The molecule has 1 aromatic heterocycles. The summed E-state index contributed by atoms with van der Waals surface area (Å²) >= 11 is 0. The van der Waals surface area contributed by atoms with Gasteiger partial charge in [0.25, 0.3) is 0 Å². The van der Waals surface area contributed by atoms with Crippen molar-refractivity contribution in [2.75, 3.05) is 0 Å². The van der Waals surface area contributed by atoms with Gasteiger partial charge in [-0.05, 0) is 55.7 Å². The maximum Gasteiger partial charge on any atom is 0.164 e. The van der Waals surface area contributed by atoms with Gasteiger partial charge in [-0.25, -0.2) is 4.98 Å². The topological polar surface area (TPSA) is 72.3 Å². The summed E-state index contributed by atoms with van der Waals surface area (Å²) in [6, 6.07) is 18.0. The van der Waals surface area contributed by atoms with E-state index >= 15 is 0 Å². The first-order valence-corrected chi connectivity index (χ1v) is 15.0. The Morgan fingerprint density at radius 1 is 1.02 bits per heavy atom. The zero-order chi connectivity index (χ0) is 29.7. The Balaban J connectivity index is 0.000000251. The van der Waals surface area contributed by atoms with Crippen molar-refractivity contribution in [2.45, 2.75) is 80.6 Å². The quantitative estimate of drug-likeness (QED) is 0.0925. The number of ether oxygens (including phenoxy) is 1. The predicted molar refractivity (Wildman–Crippen MR) is 168 cm³/mol. The first-order valence-electron chi connectivity index (χ1n) is 15.0. The Labute approximate surface area is 264 Å². The first-order chi connectivity index (χ1) is 19.6. The average molecular weight is 744 g/mol. The minimum atomic E-state index is -0.319. The predicted octanol–water partition coefficient (Wildman–Crippen LogP) is 9.81. The fourth-order valence-electron chi connectivity index (χ4n) is 5.32. The van der Waals surface area contributed by atoms with Crippen LogP contribution >= 0.6 is 0 Å². The maximum atomic E-state index is 12.0. The van der Waals surface area contributed by atoms with Crippen molar-refractivity contribution >= 4 is 27.5 Å². The summed E-state index contributed by atoms with van der Waals surface area (Å²) < 4.78 is 6.27. The SMILES string of the molecule is CC(C)Cc1cc2c3c(ncnc3c1)-c1[c-]c3ccccc3cc1O2.CCC(CC)/C(O)=C/C(=O)C(C)(CC)CC.[Ir]. The molecule has 1 aliphatic rings. The molecule has 0 fully saturated rings. The minimum Gasteiger partial charge on any atom is -0.512 e. The smallest absolute Gasteiger partial charge is 0.164 e. The van der Waals surface area contributed by atoms with E-state index in [1.807, 2.05) is 46.8 Å². The molecule has 0 saturated carbocycles. The molecule has 5 rings (SSSR count). The Hall–Kier alpha value is -3.08. The Bertz CT molecular complexity index is 1570. The summed E-state index contributed by atoms with van der Waals surface area (Å²) in [6.45, 7) is 14.5. The van der Waals surface area contributed by atoms with Gasteiger partial charge in [0.05, 0.1) is 17.0 Å². The van der Waals surface area contributed by atoms with Crippen molar-refractivity contribution in [3.8, 4) is 22.8 Å². The summed E-state index contributed by atoms with van der Waals surface area (Å²) in [5.74, 6) is 2.68. The summed E-state index contributed by atoms with van der Waals surface area (Å²) in [6.07, 6.45) is 7.47. The normalized spacial score (nSPS) is 12.5. The van der Waals surface area contributed by atoms with Crippen LogP contribution in [0.2, 0.25) is 0 Å². The van der Waals surface area contributed by atoms with E-state index in [2.05, 4.69) is 60.2 Å². The van der Waals surface area contributed by atoms with E-state index in [4.69, 9.17) is 4.74 Å². The van der Waals surface area contributed by atoms with Gasteiger partial charge in [-0.1, -0.05) is 83.7 Å². The van der Waals surface area contributed by atoms with Gasteiger partial charge in [0.2, 0.25) is 0 Å². The summed E-state index contributed by atoms with van der Waals surface area (Å²) in [4.78, 5) is 21.1. The number of rotatable bonds is 9. The largest absolute Gasteiger partial charge is 0.512 e. The van der Waals surface area contributed by atoms with Crippen molar-refractivity contribution in [1.82, 2.24) is 9.97 Å². The fraction of sp³-hybridized carbons (Fsp3) is 0.417. The zero-order valence-electron chi connectivity index (χ0n) is 25.9. The molecule has 225 valence electrons. The van der Waals surface area contributed by atoms with Crippen LogP contribution in [0.25, 0.3) is 32.9 Å². The molecule has 0 amide bonds. The molecule has 5 nitrogen and oxygen atoms in total. The van der Waals surface area contributed by atoms with E-state index in [0.717, 1.165) is 76.5 Å². The van der Waals surface area contributed by atoms with Crippen LogP contribution < -0.4 is 4.74 Å². The number of hydrogen-bond acceptors (Lipinski definition) is 5. The molecular weight excluding hydrogens is 701 g/mol. The third kappa shape index (κ3) is 7.10. The van der Waals surface area contributed by atoms with Crippen molar-refractivity contribution in [3.63, 3.8) is 0 Å². The van der Waals surface area contributed by atoms with E-state index in [0.29, 0.717) is 5.92 Å². The van der Waals surface area contributed by atoms with Gasteiger partial charge in [0.15, 0.2) is 5.78 Å². The molecule has 42 heavy (non-hydrogen) atoms. The molecular formula is C36H43IrN2O3-. The second kappa shape index (κ2) is 14.4. The van der Waals surface area contributed by atoms with E-state index in [-0.39, 0.29) is 43.0 Å². The number of aromatic nitrogens is 2. The molecule has 0 bridgehead atoms. The van der Waals surface area contributed by atoms with Crippen LogP contribution in [0, 0.1) is 23.3 Å². The third-order valence-corrected chi connectivity index (χ3v) is 8.45. The van der Waals surface area contributed by atoms with Crippen LogP contribution in [0.3, 0.4) is 0 Å². The molecule has 1 aliphatic heterocycles. The van der Waals surface area contributed by atoms with Gasteiger partial charge in [-0.15, -0.1) is 17.5 Å². The Morgan fingerprint density at radius 2 is 1.71 bits per heavy atom. The molecule has 2 heterocycles. The molecule has 1 N–H and O–H groups in total. The Kier molecular flexibility index (Phi) is 11.5. The molecule has 4 aromatic rings. The van der Waals surface area contributed by atoms with E-state index < -0.39 is 0 Å². The number of benzene rings is 3. The standard InChI is InChI=1S/C22H17N2O.C14H26O2.Ir/c1-13(2)7-14-8-18-21-20(9-14)25-19-11-16-6-4-3-5-15(16)10-17(19)22(21)24-12-23-18;1-6-11(7-2)12(15)10-13(16)14(5,8-3)9-4;/h3-6,8-9,11-13H,7H2,1-2H3;10-11,15H,6-9H2,1-5H3;/q-1;;/b;12-10-;. The van der Waals surface area contributed by atoms with Gasteiger partial charge < -0.3 is 9.84 Å². The van der Waals surface area contributed by atoms with Crippen molar-refractivity contribution in [1.29, 1.82) is 0 Å². The minimum absolute atomic E-state index is 0. The molecule has 6 heteroatoms. The average Bonchev–Trinajstić information content (AvgIpc) is 2.96. The van der Waals surface area contributed by atoms with Gasteiger partial charge in [-0.3, -0.25) is 9.78 Å². The van der Waals surface area contributed by atoms with Gasteiger partial charge in [0, 0.05) is 48.6 Å². The molecule has 1 radical (unpaired) electrons. The third-order valence-electron chi connectivity index (χ3n) is 8.45. The number of allylic oxidation sites excluding steroid dienone is 2. The molecule has 0 unspecified atom stereocenters. The number of aliphatic hydroxyl groups excluding tert-OH is 1. The number of carbonyl (C=O) groups excluding carboxylic acids is 1. The number of hydrogen-bond donors (Lipinski definition) is 1. The Morgan fingerprint density at radius 3 is 2.36 bits per heavy atom. The second-order valence-corrected chi connectivity index (χ2v) is 11.7. The summed E-state index contributed by atoms with van der Waals surface area (Å²) in [5, 5.41) is 13.0. The molecule has 0 saturated heterocycles. The van der Waals surface area contributed by atoms with Crippen LogP contribution in [-0.4, -0.2) is 20.9 Å². The number of fused-ring (bicyclic) bond motifs is 3. The molecule has 3 aromatic carbocycles. The fourth-order valence-corrected chi connectivity index (χ4v) is 5.32. The number of ketones is 1. The number of aliphatic hydroxyl groups is 1. The van der Waals surface area contributed by atoms with Crippen molar-refractivity contribution in [2.24, 2.45) is 17.3 Å². The number of carbonyl (C=O) groups is 1. The van der Waals surface area contributed by atoms with E-state index in [1.54, 1.807) is 6.33 Å². The summed E-state index contributed by atoms with van der Waals surface area (Å²) in [7, 11) is 0.